The van der Waals surface area contributed by atoms with Crippen molar-refractivity contribution in [2.24, 2.45) is 4.99 Å². The van der Waals surface area contributed by atoms with Crippen LogP contribution in [-0.4, -0.2) is 24.6 Å². The lowest BCUT2D eigenvalue weighted by Crippen LogP contribution is -2.18. The van der Waals surface area contributed by atoms with Crippen LogP contribution < -0.4 is 4.80 Å². The number of carbonyl (C=O) groups excluding carboxylic acids is 1. The van der Waals surface area contributed by atoms with Crippen molar-refractivity contribution in [3.63, 3.8) is 0 Å². The number of hydrogen-bond donors (Lipinski definition) is 0. The van der Waals surface area contributed by atoms with E-state index in [4.69, 9.17) is 23.2 Å². The van der Waals surface area contributed by atoms with Gasteiger partial charge in [-0.15, -0.1) is 6.58 Å². The summed E-state index contributed by atoms with van der Waals surface area (Å²) in [5.74, 6) is -0.829. The number of sulfone groups is 1. The highest BCUT2D eigenvalue weighted by Crippen LogP contribution is 2.29. The minimum absolute atomic E-state index is 0.188. The number of thiazole rings is 1. The maximum atomic E-state index is 12.4. The number of nitrogens with zero attached hydrogens (tertiary/aromatic N) is 2. The number of aromatic nitrogens is 1. The first kappa shape index (κ1) is 20.8. The fourth-order valence-corrected chi connectivity index (χ4v) is 5.73. The molecule has 1 amide bonds. The third kappa shape index (κ3) is 4.55. The SMILES string of the molecule is C=CCn1c(=NC(=O)CCS(=O)(=O)c2ccccc2)sc2cc(Cl)cc(Cl)c21. The number of halogens is 2. The van der Waals surface area contributed by atoms with Crippen LogP contribution in [0.3, 0.4) is 0 Å². The molecule has 28 heavy (non-hydrogen) atoms. The number of hydrogen-bond acceptors (Lipinski definition) is 4. The van der Waals surface area contributed by atoms with Crippen molar-refractivity contribution in [2.75, 3.05) is 5.75 Å². The van der Waals surface area contributed by atoms with Crippen molar-refractivity contribution in [3.8, 4) is 0 Å². The summed E-state index contributed by atoms with van der Waals surface area (Å²) >= 11 is 13.6. The topological polar surface area (TPSA) is 68.5 Å². The van der Waals surface area contributed by atoms with Crippen LogP contribution >= 0.6 is 34.5 Å². The third-order valence-electron chi connectivity index (χ3n) is 3.91. The van der Waals surface area contributed by atoms with Gasteiger partial charge in [-0.3, -0.25) is 4.79 Å². The molecule has 5 nitrogen and oxygen atoms in total. The second kappa shape index (κ2) is 8.61. The first-order chi connectivity index (χ1) is 13.3. The van der Waals surface area contributed by atoms with Gasteiger partial charge >= 0.3 is 0 Å². The lowest BCUT2D eigenvalue weighted by Gasteiger charge is -2.04. The molecule has 1 aromatic heterocycles. The molecule has 9 heteroatoms. The van der Waals surface area contributed by atoms with E-state index in [0.29, 0.717) is 26.9 Å². The van der Waals surface area contributed by atoms with Gasteiger partial charge in [0, 0.05) is 18.0 Å². The monoisotopic (exact) mass is 454 g/mol. The molecule has 0 aliphatic carbocycles. The fraction of sp³-hybridized carbons (Fsp3) is 0.158. The van der Waals surface area contributed by atoms with Gasteiger partial charge in [0.1, 0.15) is 0 Å². The van der Waals surface area contributed by atoms with Crippen LogP contribution in [0.15, 0.2) is 65.0 Å². The molecule has 0 aliphatic heterocycles. The Morgan fingerprint density at radius 1 is 1.21 bits per heavy atom. The first-order valence-corrected chi connectivity index (χ1v) is 11.5. The Morgan fingerprint density at radius 3 is 2.61 bits per heavy atom. The Balaban J connectivity index is 1.91. The van der Waals surface area contributed by atoms with Gasteiger partial charge in [0.25, 0.3) is 0 Å². The van der Waals surface area contributed by atoms with Gasteiger partial charge in [0.05, 0.1) is 25.9 Å². The average molecular weight is 455 g/mol. The van der Waals surface area contributed by atoms with Crippen molar-refractivity contribution < 1.29 is 13.2 Å². The highest BCUT2D eigenvalue weighted by molar-refractivity contribution is 7.91. The van der Waals surface area contributed by atoms with E-state index in [9.17, 15) is 13.2 Å². The Hall–Kier alpha value is -1.93. The molecular formula is C19H16Cl2N2O3S2. The molecule has 0 bridgehead atoms. The van der Waals surface area contributed by atoms with E-state index >= 15 is 0 Å². The Kier molecular flexibility index (Phi) is 6.40. The Bertz CT molecular complexity index is 1210. The molecule has 2 aromatic carbocycles. The number of carbonyl (C=O) groups is 1. The highest BCUT2D eigenvalue weighted by atomic mass is 35.5. The minimum Gasteiger partial charge on any atom is -0.311 e. The Morgan fingerprint density at radius 2 is 1.93 bits per heavy atom. The first-order valence-electron chi connectivity index (χ1n) is 8.26. The second-order valence-electron chi connectivity index (χ2n) is 5.91. The van der Waals surface area contributed by atoms with Crippen LogP contribution in [0.5, 0.6) is 0 Å². The van der Waals surface area contributed by atoms with Gasteiger partial charge in [-0.1, -0.05) is 58.8 Å². The van der Waals surface area contributed by atoms with Crippen LogP contribution in [-0.2, 0) is 21.2 Å². The van der Waals surface area contributed by atoms with Crippen molar-refractivity contribution in [2.45, 2.75) is 17.9 Å². The fourth-order valence-electron chi connectivity index (χ4n) is 2.64. The van der Waals surface area contributed by atoms with Crippen LogP contribution in [0.4, 0.5) is 0 Å². The molecule has 146 valence electrons. The number of rotatable bonds is 6. The van der Waals surface area contributed by atoms with E-state index < -0.39 is 15.7 Å². The van der Waals surface area contributed by atoms with Crippen LogP contribution in [0, 0.1) is 0 Å². The zero-order valence-electron chi connectivity index (χ0n) is 14.6. The molecular weight excluding hydrogens is 439 g/mol. The minimum atomic E-state index is -3.54. The highest BCUT2D eigenvalue weighted by Gasteiger charge is 2.17. The number of amides is 1. The zero-order valence-corrected chi connectivity index (χ0v) is 17.8. The molecule has 0 N–H and O–H groups in total. The average Bonchev–Trinajstić information content (AvgIpc) is 2.98. The molecule has 0 atom stereocenters. The maximum Gasteiger partial charge on any atom is 0.249 e. The predicted molar refractivity (Wildman–Crippen MR) is 114 cm³/mol. The van der Waals surface area contributed by atoms with E-state index in [2.05, 4.69) is 11.6 Å². The smallest absolute Gasteiger partial charge is 0.249 e. The molecule has 0 spiro atoms. The van der Waals surface area contributed by atoms with Gasteiger partial charge in [0.2, 0.25) is 5.91 Å². The summed E-state index contributed by atoms with van der Waals surface area (Å²) in [5, 5.41) is 0.928. The Labute approximate surface area is 176 Å². The van der Waals surface area contributed by atoms with Crippen LogP contribution in [0.25, 0.3) is 10.2 Å². The van der Waals surface area contributed by atoms with Crippen molar-refractivity contribution in [3.05, 3.63) is 70.0 Å². The van der Waals surface area contributed by atoms with Crippen molar-refractivity contribution >= 4 is 60.5 Å². The van der Waals surface area contributed by atoms with Gasteiger partial charge in [-0.2, -0.15) is 4.99 Å². The normalized spacial score (nSPS) is 12.4. The molecule has 0 saturated carbocycles. The van der Waals surface area contributed by atoms with Crippen molar-refractivity contribution in [1.82, 2.24) is 4.57 Å². The summed E-state index contributed by atoms with van der Waals surface area (Å²) in [6.07, 6.45) is 1.45. The predicted octanol–water partition coefficient (Wildman–Crippen LogP) is 4.49. The van der Waals surface area contributed by atoms with Gasteiger partial charge in [0.15, 0.2) is 14.6 Å². The quantitative estimate of drug-likeness (QED) is 0.515. The third-order valence-corrected chi connectivity index (χ3v) is 7.18. The van der Waals surface area contributed by atoms with Gasteiger partial charge < -0.3 is 4.57 Å². The largest absolute Gasteiger partial charge is 0.311 e. The van der Waals surface area contributed by atoms with Gasteiger partial charge in [-0.05, 0) is 24.3 Å². The molecule has 3 rings (SSSR count). The van der Waals surface area contributed by atoms with E-state index in [1.54, 1.807) is 41.0 Å². The summed E-state index contributed by atoms with van der Waals surface area (Å²) < 4.78 is 27.2. The molecule has 0 fully saturated rings. The summed E-state index contributed by atoms with van der Waals surface area (Å²) in [7, 11) is -3.54. The summed E-state index contributed by atoms with van der Waals surface area (Å²) in [5.41, 5.74) is 0.708. The summed E-state index contributed by atoms with van der Waals surface area (Å²) in [6, 6.07) is 11.4. The maximum absolute atomic E-state index is 12.4. The van der Waals surface area contributed by atoms with Crippen LogP contribution in [0.1, 0.15) is 6.42 Å². The molecule has 3 aromatic rings. The molecule has 0 saturated heterocycles. The van der Waals surface area contributed by atoms with Crippen molar-refractivity contribution in [1.29, 1.82) is 0 Å². The second-order valence-corrected chi connectivity index (χ2v) is 9.87. The summed E-state index contributed by atoms with van der Waals surface area (Å²) in [6.45, 7) is 4.12. The van der Waals surface area contributed by atoms with E-state index in [0.717, 1.165) is 4.70 Å². The number of benzene rings is 2. The number of allylic oxidation sites excluding steroid dienone is 1. The van der Waals surface area contributed by atoms with Gasteiger partial charge in [-0.25, -0.2) is 8.42 Å². The molecule has 0 unspecified atom stereocenters. The zero-order chi connectivity index (χ0) is 20.3. The standard InChI is InChI=1S/C19H16Cl2N2O3S2/c1-2-9-23-18-15(21)11-13(20)12-16(18)27-19(23)22-17(24)8-10-28(25,26)14-6-4-3-5-7-14/h2-7,11-12H,1,8-10H2. The summed E-state index contributed by atoms with van der Waals surface area (Å²) in [4.78, 5) is 17.1. The lowest BCUT2D eigenvalue weighted by molar-refractivity contribution is -0.117. The molecule has 0 aliphatic rings. The van der Waals surface area contributed by atoms with Crippen LogP contribution in [0.2, 0.25) is 10.0 Å². The number of fused-ring (bicyclic) bond motifs is 1. The molecule has 1 heterocycles. The lowest BCUT2D eigenvalue weighted by atomic mass is 10.3. The van der Waals surface area contributed by atoms with E-state index in [1.165, 1.54) is 23.5 Å². The molecule has 0 radical (unpaired) electrons. The van der Waals surface area contributed by atoms with E-state index in [-0.39, 0.29) is 17.1 Å². The van der Waals surface area contributed by atoms with E-state index in [1.807, 2.05) is 0 Å².